The minimum atomic E-state index is 0.618. The van der Waals surface area contributed by atoms with Crippen LogP contribution in [0, 0.1) is 0 Å². The Kier molecular flexibility index (Phi) is 4.96. The van der Waals surface area contributed by atoms with E-state index < -0.39 is 0 Å². The number of benzene rings is 2. The van der Waals surface area contributed by atoms with Crippen LogP contribution in [0.25, 0.3) is 10.8 Å². The molecule has 0 radical (unpaired) electrons. The molecular weight excluding hydrogens is 312 g/mol. The smallest absolute Gasteiger partial charge is 0.131 e. The Hall–Kier alpha value is -1.58. The summed E-state index contributed by atoms with van der Waals surface area (Å²) in [7, 11) is 3.52. The monoisotopic (exact) mass is 340 g/mol. The van der Waals surface area contributed by atoms with Crippen LogP contribution >= 0.6 is 0 Å². The molecule has 2 unspecified atom stereocenters. The number of hydrogen-bond acceptors (Lipinski definition) is 3. The van der Waals surface area contributed by atoms with E-state index in [0.29, 0.717) is 19.1 Å². The Labute approximate surface area is 150 Å². The summed E-state index contributed by atoms with van der Waals surface area (Å²) in [5, 5.41) is 2.65. The Bertz CT molecular complexity index is 690. The van der Waals surface area contributed by atoms with Gasteiger partial charge in [-0.05, 0) is 60.5 Å². The van der Waals surface area contributed by atoms with E-state index in [1.54, 1.807) is 25.3 Å². The number of fused-ring (bicyclic) bond motifs is 6. The molecule has 2 atom stereocenters. The lowest BCUT2D eigenvalue weighted by molar-refractivity contribution is 0.146. The van der Waals surface area contributed by atoms with E-state index in [1.807, 2.05) is 0 Å². The van der Waals surface area contributed by atoms with Crippen LogP contribution in [0.1, 0.15) is 54.2 Å². The van der Waals surface area contributed by atoms with Crippen LogP contribution in [0.4, 0.5) is 0 Å². The fourth-order valence-corrected chi connectivity index (χ4v) is 4.94. The summed E-state index contributed by atoms with van der Waals surface area (Å²) in [6, 6.07) is 8.78. The first-order valence-corrected chi connectivity index (χ1v) is 9.53. The zero-order valence-electron chi connectivity index (χ0n) is 15.3. The Morgan fingerprint density at radius 1 is 0.880 bits per heavy atom. The van der Waals surface area contributed by atoms with Crippen LogP contribution in [0.15, 0.2) is 24.3 Å². The van der Waals surface area contributed by atoms with Crippen molar-refractivity contribution >= 4 is 10.8 Å². The van der Waals surface area contributed by atoms with Crippen molar-refractivity contribution in [3.63, 3.8) is 0 Å². The Morgan fingerprint density at radius 3 is 2.36 bits per heavy atom. The number of rotatable bonds is 8. The van der Waals surface area contributed by atoms with Gasteiger partial charge in [-0.3, -0.25) is 0 Å². The van der Waals surface area contributed by atoms with Gasteiger partial charge in [-0.15, -0.1) is 0 Å². The molecule has 2 aliphatic carbocycles. The van der Waals surface area contributed by atoms with Crippen molar-refractivity contribution in [2.24, 2.45) is 0 Å². The maximum absolute atomic E-state index is 6.29. The molecule has 2 aromatic carbocycles. The standard InChI is InChI=1S/C22H28O3/c1-23-11-5-8-18-17-6-3-4-7-19(17)22(25-13-12-24-2)21-16-10-9-15(14-16)20(18)21/h3-4,6-7,15-16H,5,8-14H2,1-2H3. The normalized spacial score (nSPS) is 21.0. The highest BCUT2D eigenvalue weighted by Gasteiger charge is 2.41. The number of aryl methyl sites for hydroxylation is 1. The third-order valence-corrected chi connectivity index (χ3v) is 5.91. The van der Waals surface area contributed by atoms with Gasteiger partial charge in [0.25, 0.3) is 0 Å². The molecule has 2 aliphatic rings. The van der Waals surface area contributed by atoms with Gasteiger partial charge >= 0.3 is 0 Å². The Balaban J connectivity index is 1.84. The molecule has 0 aromatic heterocycles. The predicted molar refractivity (Wildman–Crippen MR) is 101 cm³/mol. The van der Waals surface area contributed by atoms with Gasteiger partial charge in [0.1, 0.15) is 12.4 Å². The molecular formula is C22H28O3. The van der Waals surface area contributed by atoms with E-state index in [9.17, 15) is 0 Å². The third kappa shape index (κ3) is 2.94. The number of hydrogen-bond donors (Lipinski definition) is 0. The fraction of sp³-hybridized carbons (Fsp3) is 0.545. The van der Waals surface area contributed by atoms with Crippen molar-refractivity contribution in [1.29, 1.82) is 0 Å². The molecule has 25 heavy (non-hydrogen) atoms. The first-order chi connectivity index (χ1) is 12.3. The van der Waals surface area contributed by atoms with Gasteiger partial charge in [-0.2, -0.15) is 0 Å². The summed E-state index contributed by atoms with van der Waals surface area (Å²) >= 11 is 0. The van der Waals surface area contributed by atoms with Crippen molar-refractivity contribution in [3.8, 4) is 5.75 Å². The number of ether oxygens (including phenoxy) is 3. The van der Waals surface area contributed by atoms with Gasteiger partial charge in [0.15, 0.2) is 0 Å². The van der Waals surface area contributed by atoms with Gasteiger partial charge in [-0.25, -0.2) is 0 Å². The first kappa shape index (κ1) is 16.9. The zero-order valence-corrected chi connectivity index (χ0v) is 15.3. The van der Waals surface area contributed by atoms with E-state index in [-0.39, 0.29) is 0 Å². The quantitative estimate of drug-likeness (QED) is 0.646. The van der Waals surface area contributed by atoms with Gasteiger partial charge in [0, 0.05) is 31.8 Å². The third-order valence-electron chi connectivity index (χ3n) is 5.91. The largest absolute Gasteiger partial charge is 0.490 e. The average Bonchev–Trinajstić information content (AvgIpc) is 3.25. The molecule has 3 heteroatoms. The van der Waals surface area contributed by atoms with Gasteiger partial charge < -0.3 is 14.2 Å². The van der Waals surface area contributed by atoms with Crippen LogP contribution in [0.2, 0.25) is 0 Å². The van der Waals surface area contributed by atoms with Crippen LogP contribution in [-0.4, -0.2) is 34.0 Å². The molecule has 2 aromatic rings. The van der Waals surface area contributed by atoms with E-state index >= 15 is 0 Å². The van der Waals surface area contributed by atoms with Crippen molar-refractivity contribution in [3.05, 3.63) is 41.0 Å². The maximum Gasteiger partial charge on any atom is 0.131 e. The van der Waals surface area contributed by atoms with Gasteiger partial charge in [-0.1, -0.05) is 24.3 Å². The summed E-state index contributed by atoms with van der Waals surface area (Å²) < 4.78 is 16.8. The topological polar surface area (TPSA) is 27.7 Å². The van der Waals surface area contributed by atoms with Crippen LogP contribution in [0.5, 0.6) is 5.75 Å². The van der Waals surface area contributed by atoms with Crippen LogP contribution in [0.3, 0.4) is 0 Å². The second kappa shape index (κ2) is 7.35. The zero-order chi connectivity index (χ0) is 17.2. The molecule has 0 N–H and O–H groups in total. The highest BCUT2D eigenvalue weighted by Crippen LogP contribution is 2.59. The molecule has 1 fully saturated rings. The predicted octanol–water partition coefficient (Wildman–Crippen LogP) is 4.81. The van der Waals surface area contributed by atoms with Crippen LogP contribution in [-0.2, 0) is 15.9 Å². The molecule has 0 spiro atoms. The lowest BCUT2D eigenvalue weighted by Crippen LogP contribution is -2.11. The minimum Gasteiger partial charge on any atom is -0.490 e. The van der Waals surface area contributed by atoms with E-state index in [1.165, 1.54) is 35.6 Å². The number of methoxy groups -OCH3 is 2. The van der Waals surface area contributed by atoms with Crippen molar-refractivity contribution in [2.75, 3.05) is 34.0 Å². The summed E-state index contributed by atoms with van der Waals surface area (Å²) in [6.45, 7) is 2.07. The maximum atomic E-state index is 6.29. The molecule has 1 saturated carbocycles. The first-order valence-electron chi connectivity index (χ1n) is 9.53. The molecule has 0 heterocycles. The van der Waals surface area contributed by atoms with E-state index in [0.717, 1.165) is 31.1 Å². The second-order valence-corrected chi connectivity index (χ2v) is 7.33. The lowest BCUT2D eigenvalue weighted by Gasteiger charge is -2.25. The van der Waals surface area contributed by atoms with Crippen molar-refractivity contribution in [2.45, 2.75) is 43.9 Å². The average molecular weight is 340 g/mol. The molecule has 0 aliphatic heterocycles. The fourth-order valence-electron chi connectivity index (χ4n) is 4.94. The van der Waals surface area contributed by atoms with E-state index in [4.69, 9.17) is 14.2 Å². The van der Waals surface area contributed by atoms with Gasteiger partial charge in [0.05, 0.1) is 6.61 Å². The Morgan fingerprint density at radius 2 is 1.60 bits per heavy atom. The van der Waals surface area contributed by atoms with Gasteiger partial charge in [0.2, 0.25) is 0 Å². The highest BCUT2D eigenvalue weighted by molar-refractivity contribution is 5.94. The minimum absolute atomic E-state index is 0.618. The summed E-state index contributed by atoms with van der Waals surface area (Å²) in [4.78, 5) is 0. The molecule has 134 valence electrons. The van der Waals surface area contributed by atoms with E-state index in [2.05, 4.69) is 24.3 Å². The van der Waals surface area contributed by atoms with Crippen LogP contribution < -0.4 is 4.74 Å². The SMILES string of the molecule is COCCCc1c2c(c(OCCOC)c3ccccc13)C1CCC2C1. The summed E-state index contributed by atoms with van der Waals surface area (Å²) in [5.41, 5.74) is 4.67. The molecule has 0 amide bonds. The van der Waals surface area contributed by atoms with Crippen molar-refractivity contribution in [1.82, 2.24) is 0 Å². The molecule has 4 rings (SSSR count). The molecule has 0 saturated heterocycles. The second-order valence-electron chi connectivity index (χ2n) is 7.33. The molecule has 3 nitrogen and oxygen atoms in total. The highest BCUT2D eigenvalue weighted by atomic mass is 16.5. The van der Waals surface area contributed by atoms with Crippen molar-refractivity contribution < 1.29 is 14.2 Å². The lowest BCUT2D eigenvalue weighted by atomic mass is 9.82. The molecule has 2 bridgehead atoms. The summed E-state index contributed by atoms with van der Waals surface area (Å²) in [6.07, 6.45) is 6.13. The summed E-state index contributed by atoms with van der Waals surface area (Å²) in [5.74, 6) is 2.54.